The Bertz CT molecular complexity index is 742. The van der Waals surface area contributed by atoms with Crippen molar-refractivity contribution in [3.05, 3.63) is 34.4 Å². The van der Waals surface area contributed by atoms with Crippen molar-refractivity contribution >= 4 is 23.4 Å². The lowest BCUT2D eigenvalue weighted by atomic mass is 9.99. The third kappa shape index (κ3) is 3.96. The van der Waals surface area contributed by atoms with Crippen molar-refractivity contribution in [2.45, 2.75) is 50.9 Å². The number of fused-ring (bicyclic) bond motifs is 2. The maximum absolute atomic E-state index is 12.5. The van der Waals surface area contributed by atoms with Crippen LogP contribution in [-0.2, 0) is 20.7 Å². The van der Waals surface area contributed by atoms with Crippen LogP contribution in [0.2, 0.25) is 5.02 Å². The largest absolute Gasteiger partial charge is 0.507 e. The molecule has 134 valence electrons. The predicted octanol–water partition coefficient (Wildman–Crippen LogP) is 2.92. The van der Waals surface area contributed by atoms with Crippen LogP contribution in [-0.4, -0.2) is 40.3 Å². The Morgan fingerprint density at radius 1 is 1.20 bits per heavy atom. The van der Waals surface area contributed by atoms with Crippen molar-refractivity contribution in [3.63, 3.8) is 0 Å². The minimum atomic E-state index is -0.784. The van der Waals surface area contributed by atoms with Crippen LogP contribution in [0.5, 0.6) is 11.5 Å². The molecule has 2 heterocycles. The molecule has 2 unspecified atom stereocenters. The zero-order valence-corrected chi connectivity index (χ0v) is 14.5. The number of allylic oxidation sites excluding steroid dienone is 2. The SMILES string of the molecule is C[C@H]1CC2OC2CC/C=C/C(=O)Cc2c(Cl)c(O)cc(O)c2C(=O)O1. The molecule has 0 spiro atoms. The van der Waals surface area contributed by atoms with Gasteiger partial charge in [0.1, 0.15) is 23.2 Å². The first-order valence-corrected chi connectivity index (χ1v) is 8.53. The number of hydrogen-bond donors (Lipinski definition) is 2. The van der Waals surface area contributed by atoms with Gasteiger partial charge in [-0.2, -0.15) is 0 Å². The number of esters is 1. The van der Waals surface area contributed by atoms with E-state index in [4.69, 9.17) is 21.1 Å². The van der Waals surface area contributed by atoms with E-state index in [-0.39, 0.29) is 40.6 Å². The van der Waals surface area contributed by atoms with E-state index in [9.17, 15) is 19.8 Å². The predicted molar refractivity (Wildman–Crippen MR) is 90.0 cm³/mol. The topological polar surface area (TPSA) is 96.4 Å². The Hall–Kier alpha value is -2.05. The van der Waals surface area contributed by atoms with Crippen molar-refractivity contribution in [2.75, 3.05) is 0 Å². The van der Waals surface area contributed by atoms with Gasteiger partial charge in [0.25, 0.3) is 0 Å². The molecular formula is C18H19ClO6. The van der Waals surface area contributed by atoms with Gasteiger partial charge in [-0.05, 0) is 25.8 Å². The van der Waals surface area contributed by atoms with Crippen LogP contribution in [0.4, 0.5) is 0 Å². The molecule has 0 bridgehead atoms. The molecular weight excluding hydrogens is 348 g/mol. The summed E-state index contributed by atoms with van der Waals surface area (Å²) in [6.45, 7) is 1.74. The first-order valence-electron chi connectivity index (χ1n) is 8.16. The molecule has 3 atom stereocenters. The summed E-state index contributed by atoms with van der Waals surface area (Å²) in [5.74, 6) is -1.95. The maximum Gasteiger partial charge on any atom is 0.342 e. The van der Waals surface area contributed by atoms with E-state index in [0.29, 0.717) is 12.8 Å². The van der Waals surface area contributed by atoms with Gasteiger partial charge in [-0.3, -0.25) is 4.79 Å². The third-order valence-corrected chi connectivity index (χ3v) is 4.78. The Morgan fingerprint density at radius 2 is 1.96 bits per heavy atom. The highest BCUT2D eigenvalue weighted by molar-refractivity contribution is 6.33. The Kier molecular flexibility index (Phi) is 5.01. The second kappa shape index (κ2) is 7.06. The summed E-state index contributed by atoms with van der Waals surface area (Å²) in [6.07, 6.45) is 4.74. The summed E-state index contributed by atoms with van der Waals surface area (Å²) in [5.41, 5.74) is -0.134. The van der Waals surface area contributed by atoms with E-state index in [1.165, 1.54) is 6.08 Å². The Labute approximate surface area is 150 Å². The number of ether oxygens (including phenoxy) is 2. The van der Waals surface area contributed by atoms with Gasteiger partial charge in [0.05, 0.1) is 17.2 Å². The number of halogens is 1. The third-order valence-electron chi connectivity index (χ3n) is 4.36. The summed E-state index contributed by atoms with van der Waals surface area (Å²) in [4.78, 5) is 24.7. The van der Waals surface area contributed by atoms with Crippen LogP contribution in [0, 0.1) is 0 Å². The summed E-state index contributed by atoms with van der Waals surface area (Å²) in [6, 6.07) is 0.969. The lowest BCUT2D eigenvalue weighted by Crippen LogP contribution is -2.20. The minimum Gasteiger partial charge on any atom is -0.507 e. The normalized spacial score (nSPS) is 28.3. The van der Waals surface area contributed by atoms with Crippen molar-refractivity contribution in [1.82, 2.24) is 0 Å². The maximum atomic E-state index is 12.5. The number of phenols is 2. The van der Waals surface area contributed by atoms with Crippen LogP contribution in [0.3, 0.4) is 0 Å². The van der Waals surface area contributed by atoms with Crippen LogP contribution in [0.15, 0.2) is 18.2 Å². The van der Waals surface area contributed by atoms with Crippen molar-refractivity contribution in [3.8, 4) is 11.5 Å². The summed E-state index contributed by atoms with van der Waals surface area (Å²) in [5, 5.41) is 19.8. The van der Waals surface area contributed by atoms with Crippen molar-refractivity contribution < 1.29 is 29.3 Å². The first kappa shape index (κ1) is 17.8. The molecule has 0 saturated carbocycles. The van der Waals surface area contributed by atoms with Gasteiger partial charge in [0.2, 0.25) is 0 Å². The van der Waals surface area contributed by atoms with E-state index in [1.807, 2.05) is 0 Å². The average Bonchev–Trinajstić information content (AvgIpc) is 3.25. The Balaban J connectivity index is 1.98. The molecule has 1 fully saturated rings. The molecule has 2 aliphatic heterocycles. The number of hydrogen-bond acceptors (Lipinski definition) is 6. The summed E-state index contributed by atoms with van der Waals surface area (Å²) < 4.78 is 10.9. The fraction of sp³-hybridized carbons (Fsp3) is 0.444. The fourth-order valence-electron chi connectivity index (χ4n) is 3.04. The molecule has 3 rings (SSSR count). The lowest BCUT2D eigenvalue weighted by molar-refractivity contribution is -0.114. The summed E-state index contributed by atoms with van der Waals surface area (Å²) in [7, 11) is 0. The quantitative estimate of drug-likeness (QED) is 0.541. The zero-order chi connectivity index (χ0) is 18.1. The van der Waals surface area contributed by atoms with Crippen LogP contribution < -0.4 is 0 Å². The lowest BCUT2D eigenvalue weighted by Gasteiger charge is -2.16. The smallest absolute Gasteiger partial charge is 0.342 e. The number of rotatable bonds is 0. The number of benzene rings is 1. The number of carbonyl (C=O) groups is 2. The van der Waals surface area contributed by atoms with Crippen molar-refractivity contribution in [1.29, 1.82) is 0 Å². The molecule has 2 aliphatic rings. The second-order valence-corrected chi connectivity index (χ2v) is 6.75. The molecule has 6 nitrogen and oxygen atoms in total. The average molecular weight is 367 g/mol. The summed E-state index contributed by atoms with van der Waals surface area (Å²) >= 11 is 6.07. The zero-order valence-electron chi connectivity index (χ0n) is 13.7. The van der Waals surface area contributed by atoms with E-state index >= 15 is 0 Å². The van der Waals surface area contributed by atoms with Gasteiger partial charge in [0, 0.05) is 24.5 Å². The van der Waals surface area contributed by atoms with Crippen molar-refractivity contribution in [2.24, 2.45) is 0 Å². The van der Waals surface area contributed by atoms with Gasteiger partial charge in [-0.1, -0.05) is 17.7 Å². The standard InChI is InChI=1S/C18H19ClO6/c1-9-6-15-14(25-15)5-3-2-4-10(20)7-11-16(18(23)24-9)12(21)8-13(22)17(11)19/h2,4,8-9,14-15,21-22H,3,5-7H2,1H3/b4-2+/t9-,14?,15?/m0/s1. The number of cyclic esters (lactones) is 1. The number of carbonyl (C=O) groups excluding carboxylic acids is 2. The molecule has 0 aliphatic carbocycles. The van der Waals surface area contributed by atoms with Gasteiger partial charge in [0.15, 0.2) is 5.78 Å². The molecule has 0 aromatic heterocycles. The van der Waals surface area contributed by atoms with Crippen LogP contribution in [0.1, 0.15) is 42.1 Å². The van der Waals surface area contributed by atoms with Crippen LogP contribution >= 0.6 is 11.6 Å². The molecule has 25 heavy (non-hydrogen) atoms. The van der Waals surface area contributed by atoms with E-state index in [1.54, 1.807) is 13.0 Å². The highest BCUT2D eigenvalue weighted by atomic mass is 35.5. The minimum absolute atomic E-state index is 0.0336. The molecule has 7 heteroatoms. The number of ketones is 1. The van der Waals surface area contributed by atoms with Gasteiger partial charge in [-0.15, -0.1) is 0 Å². The number of aromatic hydroxyl groups is 2. The highest BCUT2D eigenvalue weighted by Crippen LogP contribution is 2.38. The molecule has 1 saturated heterocycles. The monoisotopic (exact) mass is 366 g/mol. The number of phenolic OH excluding ortho intramolecular Hbond substituents is 2. The van der Waals surface area contributed by atoms with Gasteiger partial charge >= 0.3 is 5.97 Å². The molecule has 1 aromatic rings. The van der Waals surface area contributed by atoms with Gasteiger partial charge in [-0.25, -0.2) is 4.79 Å². The Morgan fingerprint density at radius 3 is 2.72 bits per heavy atom. The first-order chi connectivity index (χ1) is 11.9. The van der Waals surface area contributed by atoms with E-state index in [0.717, 1.165) is 12.5 Å². The number of epoxide rings is 1. The molecule has 0 radical (unpaired) electrons. The van der Waals surface area contributed by atoms with E-state index in [2.05, 4.69) is 0 Å². The molecule has 1 aromatic carbocycles. The van der Waals surface area contributed by atoms with E-state index < -0.39 is 23.6 Å². The molecule has 0 amide bonds. The fourth-order valence-corrected chi connectivity index (χ4v) is 3.26. The van der Waals surface area contributed by atoms with Gasteiger partial charge < -0.3 is 19.7 Å². The highest BCUT2D eigenvalue weighted by Gasteiger charge is 2.39. The second-order valence-electron chi connectivity index (χ2n) is 6.37. The molecule has 2 N–H and O–H groups in total. The van der Waals surface area contributed by atoms with Crippen LogP contribution in [0.25, 0.3) is 0 Å².